The summed E-state index contributed by atoms with van der Waals surface area (Å²) < 4.78 is 114. The van der Waals surface area contributed by atoms with Crippen molar-refractivity contribution in [1.82, 2.24) is 0 Å². The second-order valence-corrected chi connectivity index (χ2v) is 3.75. The second kappa shape index (κ2) is 3.21. The fraction of sp³-hybridized carbons (Fsp3) is 1.00. The van der Waals surface area contributed by atoms with Gasteiger partial charge in [-0.1, -0.05) is 0 Å². The molecule has 0 radical (unpaired) electrons. The molecule has 3 unspecified atom stereocenters. The lowest BCUT2D eigenvalue weighted by atomic mass is 9.83. The van der Waals surface area contributed by atoms with Crippen LogP contribution >= 0.6 is 0 Å². The fourth-order valence-corrected chi connectivity index (χ4v) is 1.22. The molecule has 0 amide bonds. The van der Waals surface area contributed by atoms with Gasteiger partial charge < -0.3 is 0 Å². The molecule has 0 N–H and O–H groups in total. The third-order valence-electron chi connectivity index (χ3n) is 2.62. The van der Waals surface area contributed by atoms with Crippen molar-refractivity contribution in [3.8, 4) is 0 Å². The average Bonchev–Trinajstić information content (AvgIpc) is 2.68. The number of halogens is 9. The Hall–Kier alpha value is -0.670. The lowest BCUT2D eigenvalue weighted by Gasteiger charge is -2.30. The standard InChI is InChI=1S/C7H5F9O/c1-3(2-8,6(11,12)13)4(9)5(10,17-4)7(14,15)16/h2H2,1H3. The van der Waals surface area contributed by atoms with E-state index in [1.807, 2.05) is 0 Å². The van der Waals surface area contributed by atoms with Gasteiger partial charge in [-0.05, 0) is 6.92 Å². The zero-order valence-corrected chi connectivity index (χ0v) is 8.02. The average molecular weight is 276 g/mol. The number of hydrogen-bond acceptors (Lipinski definition) is 1. The van der Waals surface area contributed by atoms with Crippen LogP contribution in [0.15, 0.2) is 0 Å². The molecule has 1 nitrogen and oxygen atoms in total. The van der Waals surface area contributed by atoms with Crippen LogP contribution in [0.4, 0.5) is 39.5 Å². The van der Waals surface area contributed by atoms with Gasteiger partial charge in [0.2, 0.25) is 0 Å². The van der Waals surface area contributed by atoms with Crippen molar-refractivity contribution in [1.29, 1.82) is 0 Å². The molecule has 3 atom stereocenters. The van der Waals surface area contributed by atoms with E-state index in [4.69, 9.17) is 0 Å². The molecular formula is C7H5F9O. The Morgan fingerprint density at radius 3 is 1.53 bits per heavy atom. The van der Waals surface area contributed by atoms with Crippen LogP contribution in [0.5, 0.6) is 0 Å². The zero-order valence-electron chi connectivity index (χ0n) is 8.02. The maximum Gasteiger partial charge on any atom is 0.454 e. The highest BCUT2D eigenvalue weighted by molar-refractivity contribution is 5.16. The van der Waals surface area contributed by atoms with E-state index in [0.29, 0.717) is 0 Å². The summed E-state index contributed by atoms with van der Waals surface area (Å²) in [6.45, 7) is -2.81. The molecule has 0 aliphatic carbocycles. The molecule has 1 rings (SSSR count). The molecule has 1 aliphatic heterocycles. The van der Waals surface area contributed by atoms with Gasteiger partial charge in [0.25, 0.3) is 5.85 Å². The molecular weight excluding hydrogens is 271 g/mol. The van der Waals surface area contributed by atoms with E-state index < -0.39 is 36.2 Å². The summed E-state index contributed by atoms with van der Waals surface area (Å²) in [5.41, 5.74) is -4.23. The SMILES string of the molecule is CC(CF)(C(F)(F)F)C1(F)OC1(F)C(F)(F)F. The molecule has 102 valence electrons. The largest absolute Gasteiger partial charge is 0.454 e. The van der Waals surface area contributed by atoms with E-state index in [9.17, 15) is 39.5 Å². The van der Waals surface area contributed by atoms with Gasteiger partial charge in [-0.15, -0.1) is 0 Å². The Morgan fingerprint density at radius 2 is 1.35 bits per heavy atom. The molecule has 0 spiro atoms. The molecule has 1 saturated heterocycles. The van der Waals surface area contributed by atoms with E-state index in [0.717, 1.165) is 0 Å². The maximum atomic E-state index is 13.3. The number of hydrogen-bond donors (Lipinski definition) is 0. The molecule has 0 aromatic heterocycles. The summed E-state index contributed by atoms with van der Waals surface area (Å²) in [5.74, 6) is -9.96. The Kier molecular flexibility index (Phi) is 2.71. The van der Waals surface area contributed by atoms with Crippen molar-refractivity contribution in [3.05, 3.63) is 0 Å². The van der Waals surface area contributed by atoms with E-state index >= 15 is 0 Å². The van der Waals surface area contributed by atoms with Crippen LogP contribution in [0.1, 0.15) is 6.92 Å². The Labute approximate surface area is 88.5 Å². The van der Waals surface area contributed by atoms with Gasteiger partial charge in [-0.25, -0.2) is 8.78 Å². The minimum atomic E-state index is -6.02. The number of ether oxygens (including phenoxy) is 1. The number of epoxide rings is 1. The first-order chi connectivity index (χ1) is 7.27. The smallest absolute Gasteiger partial charge is 0.291 e. The van der Waals surface area contributed by atoms with Crippen molar-refractivity contribution in [2.75, 3.05) is 6.67 Å². The number of alkyl halides is 9. The molecule has 1 heterocycles. The normalized spacial score (nSPS) is 37.8. The van der Waals surface area contributed by atoms with Gasteiger partial charge in [0.05, 0.1) is 0 Å². The first-order valence-electron chi connectivity index (χ1n) is 4.04. The third-order valence-corrected chi connectivity index (χ3v) is 2.62. The highest BCUT2D eigenvalue weighted by atomic mass is 19.4. The molecule has 0 bridgehead atoms. The van der Waals surface area contributed by atoms with Gasteiger partial charge in [-0.3, -0.25) is 4.74 Å². The highest BCUT2D eigenvalue weighted by Gasteiger charge is 2.95. The summed E-state index contributed by atoms with van der Waals surface area (Å²) in [6.07, 6.45) is -11.8. The Morgan fingerprint density at radius 1 is 0.941 bits per heavy atom. The van der Waals surface area contributed by atoms with Crippen LogP contribution in [0, 0.1) is 5.41 Å². The Bertz CT molecular complexity index is 322. The molecule has 0 aromatic carbocycles. The first kappa shape index (κ1) is 14.4. The van der Waals surface area contributed by atoms with Gasteiger partial charge >= 0.3 is 18.2 Å². The quantitative estimate of drug-likeness (QED) is 0.556. The first-order valence-corrected chi connectivity index (χ1v) is 4.04. The van der Waals surface area contributed by atoms with Crippen LogP contribution in [0.3, 0.4) is 0 Å². The van der Waals surface area contributed by atoms with Crippen molar-refractivity contribution >= 4 is 0 Å². The fourth-order valence-electron chi connectivity index (χ4n) is 1.22. The number of rotatable bonds is 2. The van der Waals surface area contributed by atoms with Gasteiger partial charge in [0.1, 0.15) is 6.67 Å². The van der Waals surface area contributed by atoms with Crippen molar-refractivity contribution in [3.63, 3.8) is 0 Å². The van der Waals surface area contributed by atoms with Crippen molar-refractivity contribution in [2.45, 2.75) is 31.0 Å². The topological polar surface area (TPSA) is 12.5 Å². The van der Waals surface area contributed by atoms with Crippen LogP contribution in [0.25, 0.3) is 0 Å². The van der Waals surface area contributed by atoms with E-state index in [1.54, 1.807) is 0 Å². The summed E-state index contributed by atoms with van der Waals surface area (Å²) in [6, 6.07) is 0. The van der Waals surface area contributed by atoms with E-state index in [2.05, 4.69) is 4.74 Å². The predicted octanol–water partition coefficient (Wildman–Crippen LogP) is 3.45. The summed E-state index contributed by atoms with van der Waals surface area (Å²) >= 11 is 0. The highest BCUT2D eigenvalue weighted by Crippen LogP contribution is 2.69. The monoisotopic (exact) mass is 276 g/mol. The lowest BCUT2D eigenvalue weighted by Crippen LogP contribution is -2.52. The van der Waals surface area contributed by atoms with E-state index in [-0.39, 0.29) is 6.92 Å². The van der Waals surface area contributed by atoms with Crippen molar-refractivity contribution in [2.24, 2.45) is 5.41 Å². The molecule has 10 heteroatoms. The van der Waals surface area contributed by atoms with Crippen molar-refractivity contribution < 1.29 is 44.3 Å². The van der Waals surface area contributed by atoms with Gasteiger partial charge in [0.15, 0.2) is 5.41 Å². The van der Waals surface area contributed by atoms with Gasteiger partial charge in [-0.2, -0.15) is 30.7 Å². The third kappa shape index (κ3) is 1.52. The van der Waals surface area contributed by atoms with E-state index in [1.165, 1.54) is 0 Å². The molecule has 0 saturated carbocycles. The predicted molar refractivity (Wildman–Crippen MR) is 35.0 cm³/mol. The minimum Gasteiger partial charge on any atom is -0.291 e. The van der Waals surface area contributed by atoms with Crippen LogP contribution < -0.4 is 0 Å². The minimum absolute atomic E-state index is 0.222. The van der Waals surface area contributed by atoms with Gasteiger partial charge in [0, 0.05) is 0 Å². The zero-order chi connectivity index (χ0) is 13.9. The summed E-state index contributed by atoms with van der Waals surface area (Å²) in [5, 5.41) is 0. The molecule has 0 aromatic rings. The van der Waals surface area contributed by atoms with Crippen LogP contribution in [-0.4, -0.2) is 30.7 Å². The molecule has 1 aliphatic rings. The second-order valence-electron chi connectivity index (χ2n) is 3.75. The molecule has 1 fully saturated rings. The van der Waals surface area contributed by atoms with Crippen LogP contribution in [-0.2, 0) is 4.74 Å². The lowest BCUT2D eigenvalue weighted by molar-refractivity contribution is -0.276. The van der Waals surface area contributed by atoms with Crippen LogP contribution in [0.2, 0.25) is 0 Å². The molecule has 17 heavy (non-hydrogen) atoms. The maximum absolute atomic E-state index is 13.3. The Balaban J connectivity index is 3.19. The summed E-state index contributed by atoms with van der Waals surface area (Å²) in [4.78, 5) is 0. The summed E-state index contributed by atoms with van der Waals surface area (Å²) in [7, 11) is 0.